The highest BCUT2D eigenvalue weighted by Gasteiger charge is 2.33. The van der Waals surface area contributed by atoms with Crippen LogP contribution in [0.2, 0.25) is 0 Å². The van der Waals surface area contributed by atoms with Crippen molar-refractivity contribution in [2.24, 2.45) is 0 Å². The molecule has 0 N–H and O–H groups in total. The first-order valence-electron chi connectivity index (χ1n) is 9.31. The minimum absolute atomic E-state index is 0.140. The molecule has 0 spiro atoms. The van der Waals surface area contributed by atoms with Gasteiger partial charge in [-0.2, -0.15) is 0 Å². The van der Waals surface area contributed by atoms with Crippen LogP contribution in [0.5, 0.6) is 0 Å². The Morgan fingerprint density at radius 2 is 1.48 bits per heavy atom. The van der Waals surface area contributed by atoms with Gasteiger partial charge in [0.25, 0.3) is 5.91 Å². The Balaban J connectivity index is 3.20. The van der Waals surface area contributed by atoms with Crippen LogP contribution in [0.15, 0.2) is 24.3 Å². The molecule has 0 atom stereocenters. The van der Waals surface area contributed by atoms with Crippen molar-refractivity contribution in [2.75, 3.05) is 26.3 Å². The van der Waals surface area contributed by atoms with E-state index in [2.05, 4.69) is 0 Å². The van der Waals surface area contributed by atoms with Crippen molar-refractivity contribution >= 4 is 18.8 Å². The number of nitrogens with zero attached hydrogens (tertiary/aromatic N) is 1. The summed E-state index contributed by atoms with van der Waals surface area (Å²) in [7, 11) is -3.53. The summed E-state index contributed by atoms with van der Waals surface area (Å²) in [5.41, 5.74) is 0.405. The largest absolute Gasteiger partial charge is 0.362 e. The van der Waals surface area contributed by atoms with E-state index in [1.165, 1.54) is 0 Å². The summed E-state index contributed by atoms with van der Waals surface area (Å²) < 4.78 is 24.9. The molecule has 0 aliphatic heterocycles. The van der Waals surface area contributed by atoms with Gasteiger partial charge in [0.1, 0.15) is 0 Å². The minimum Gasteiger partial charge on any atom is -0.339 e. The Kier molecular flexibility index (Phi) is 10.0. The van der Waals surface area contributed by atoms with E-state index in [4.69, 9.17) is 9.05 Å². The molecule has 0 saturated carbocycles. The average molecular weight is 369 g/mol. The molecule has 0 unspecified atom stereocenters. The van der Waals surface area contributed by atoms with Gasteiger partial charge in [-0.25, -0.2) is 0 Å². The molecule has 1 rings (SSSR count). The molecule has 5 nitrogen and oxygen atoms in total. The fourth-order valence-corrected chi connectivity index (χ4v) is 4.23. The van der Waals surface area contributed by atoms with Crippen LogP contribution in [0.4, 0.5) is 0 Å². The van der Waals surface area contributed by atoms with E-state index in [1.807, 2.05) is 27.7 Å². The van der Waals surface area contributed by atoms with Gasteiger partial charge in [-0.05, 0) is 38.8 Å². The van der Waals surface area contributed by atoms with Gasteiger partial charge in [-0.15, -0.1) is 0 Å². The number of hydrogen-bond acceptors (Lipinski definition) is 4. The van der Waals surface area contributed by atoms with Crippen LogP contribution in [-0.2, 0) is 13.6 Å². The molecule has 0 heterocycles. The molecule has 142 valence electrons. The van der Waals surface area contributed by atoms with Gasteiger partial charge in [0.2, 0.25) is 0 Å². The molecule has 6 heteroatoms. The molecule has 1 aromatic carbocycles. The molecule has 0 aliphatic rings. The summed E-state index contributed by atoms with van der Waals surface area (Å²) >= 11 is 0. The maximum atomic E-state index is 13.5. The van der Waals surface area contributed by atoms with Crippen LogP contribution >= 0.6 is 7.60 Å². The Morgan fingerprint density at radius 3 is 1.96 bits per heavy atom. The fraction of sp³-hybridized carbons (Fsp3) is 0.632. The SMILES string of the molecule is CCCCOP(=O)(OCCCC)c1ccccc1C(=O)N(CC)CC. The molecule has 0 aromatic heterocycles. The Hall–Kier alpha value is -1.16. The first-order chi connectivity index (χ1) is 12.0. The standard InChI is InChI=1S/C19H32NO4P/c1-5-9-15-23-25(22,24-16-10-6-2)18-14-12-11-13-17(18)19(21)20(7-3)8-4/h11-14H,5-10,15-16H2,1-4H3. The van der Waals surface area contributed by atoms with Gasteiger partial charge in [0, 0.05) is 13.1 Å². The second-order valence-corrected chi connectivity index (χ2v) is 7.86. The molecule has 1 aromatic rings. The maximum absolute atomic E-state index is 13.5. The summed E-state index contributed by atoms with van der Waals surface area (Å²) in [4.78, 5) is 14.5. The number of unbranched alkanes of at least 4 members (excludes halogenated alkanes) is 2. The molecular weight excluding hydrogens is 337 g/mol. The van der Waals surface area contributed by atoms with Gasteiger partial charge in [-0.1, -0.05) is 38.8 Å². The molecule has 1 amide bonds. The van der Waals surface area contributed by atoms with E-state index >= 15 is 0 Å². The number of benzene rings is 1. The third-order valence-electron chi connectivity index (χ3n) is 4.00. The van der Waals surface area contributed by atoms with Gasteiger partial charge in [0.05, 0.1) is 24.1 Å². The first kappa shape index (κ1) is 21.9. The Labute approximate surface area is 152 Å². The van der Waals surface area contributed by atoms with Crippen molar-refractivity contribution in [3.8, 4) is 0 Å². The topological polar surface area (TPSA) is 55.8 Å². The van der Waals surface area contributed by atoms with E-state index in [1.54, 1.807) is 29.2 Å². The monoisotopic (exact) mass is 369 g/mol. The summed E-state index contributed by atoms with van der Waals surface area (Å²) in [5.74, 6) is -0.140. The minimum atomic E-state index is -3.53. The quantitative estimate of drug-likeness (QED) is 0.398. The first-order valence-corrected chi connectivity index (χ1v) is 10.9. The van der Waals surface area contributed by atoms with E-state index < -0.39 is 7.60 Å². The number of amides is 1. The number of carbonyl (C=O) groups excluding carboxylic acids is 1. The lowest BCUT2D eigenvalue weighted by Crippen LogP contribution is -2.34. The summed E-state index contributed by atoms with van der Waals surface area (Å²) in [6, 6.07) is 6.94. The summed E-state index contributed by atoms with van der Waals surface area (Å²) in [5, 5.41) is 0.374. The van der Waals surface area contributed by atoms with Crippen molar-refractivity contribution in [3.05, 3.63) is 29.8 Å². The fourth-order valence-electron chi connectivity index (χ4n) is 2.41. The van der Waals surface area contributed by atoms with Gasteiger partial charge in [0.15, 0.2) is 0 Å². The Bertz CT molecular complexity index is 558. The molecule has 0 aliphatic carbocycles. The normalized spacial score (nSPS) is 11.5. The molecule has 25 heavy (non-hydrogen) atoms. The lowest BCUT2D eigenvalue weighted by molar-refractivity contribution is 0.0773. The lowest BCUT2D eigenvalue weighted by Gasteiger charge is -2.24. The van der Waals surface area contributed by atoms with E-state index in [0.29, 0.717) is 37.2 Å². The highest BCUT2D eigenvalue weighted by molar-refractivity contribution is 7.62. The number of hydrogen-bond donors (Lipinski definition) is 0. The second kappa shape index (κ2) is 11.5. The van der Waals surface area contributed by atoms with E-state index in [0.717, 1.165) is 25.7 Å². The zero-order chi connectivity index (χ0) is 18.7. The van der Waals surface area contributed by atoms with Crippen molar-refractivity contribution in [3.63, 3.8) is 0 Å². The zero-order valence-electron chi connectivity index (χ0n) is 16.0. The molecule has 0 fully saturated rings. The van der Waals surface area contributed by atoms with Crippen molar-refractivity contribution in [2.45, 2.75) is 53.4 Å². The third-order valence-corrected chi connectivity index (χ3v) is 6.02. The van der Waals surface area contributed by atoms with Crippen LogP contribution in [0.1, 0.15) is 63.7 Å². The van der Waals surface area contributed by atoms with Crippen LogP contribution in [0.3, 0.4) is 0 Å². The van der Waals surface area contributed by atoms with Crippen molar-refractivity contribution < 1.29 is 18.4 Å². The van der Waals surface area contributed by atoms with Crippen LogP contribution in [0.25, 0.3) is 0 Å². The molecule has 0 bridgehead atoms. The van der Waals surface area contributed by atoms with Crippen molar-refractivity contribution in [1.29, 1.82) is 0 Å². The molecule has 0 saturated heterocycles. The van der Waals surface area contributed by atoms with Crippen LogP contribution in [0, 0.1) is 0 Å². The summed E-state index contributed by atoms with van der Waals surface area (Å²) in [6.07, 6.45) is 3.48. The van der Waals surface area contributed by atoms with E-state index in [-0.39, 0.29) is 5.91 Å². The van der Waals surface area contributed by atoms with Crippen molar-refractivity contribution in [1.82, 2.24) is 4.90 Å². The number of rotatable bonds is 12. The lowest BCUT2D eigenvalue weighted by atomic mass is 10.2. The number of carbonyl (C=O) groups is 1. The third kappa shape index (κ3) is 6.25. The molecule has 0 radical (unpaired) electrons. The molecular formula is C19H32NO4P. The van der Waals surface area contributed by atoms with Crippen LogP contribution < -0.4 is 5.30 Å². The van der Waals surface area contributed by atoms with Gasteiger partial charge in [-0.3, -0.25) is 9.36 Å². The predicted octanol–water partition coefficient (Wildman–Crippen LogP) is 4.62. The Morgan fingerprint density at radius 1 is 0.960 bits per heavy atom. The maximum Gasteiger partial charge on any atom is 0.362 e. The second-order valence-electron chi connectivity index (χ2n) is 5.87. The van der Waals surface area contributed by atoms with Gasteiger partial charge >= 0.3 is 7.60 Å². The summed E-state index contributed by atoms with van der Waals surface area (Å²) in [6.45, 7) is 9.86. The van der Waals surface area contributed by atoms with Crippen LogP contribution in [-0.4, -0.2) is 37.1 Å². The highest BCUT2D eigenvalue weighted by Crippen LogP contribution is 2.48. The smallest absolute Gasteiger partial charge is 0.339 e. The average Bonchev–Trinajstić information content (AvgIpc) is 2.63. The predicted molar refractivity (Wildman–Crippen MR) is 103 cm³/mol. The highest BCUT2D eigenvalue weighted by atomic mass is 31.2. The van der Waals surface area contributed by atoms with E-state index in [9.17, 15) is 9.36 Å². The zero-order valence-corrected chi connectivity index (χ0v) is 16.9. The van der Waals surface area contributed by atoms with Gasteiger partial charge < -0.3 is 13.9 Å².